The number of phenols is 1. The number of carbonyl (C=O) groups excluding carboxylic acids is 3. The Kier molecular flexibility index (Phi) is 6.36. The predicted molar refractivity (Wildman–Crippen MR) is 139 cm³/mol. The first-order valence-corrected chi connectivity index (χ1v) is 11.8. The third-order valence-corrected chi connectivity index (χ3v) is 6.37. The van der Waals surface area contributed by atoms with Gasteiger partial charge in [0, 0.05) is 28.9 Å². The van der Waals surface area contributed by atoms with Crippen LogP contribution in [-0.4, -0.2) is 40.3 Å². The molecule has 7 heteroatoms. The van der Waals surface area contributed by atoms with E-state index in [-0.39, 0.29) is 29.0 Å². The van der Waals surface area contributed by atoms with Crippen LogP contribution in [0.25, 0.3) is 10.8 Å². The Labute approximate surface area is 208 Å². The Bertz CT molecular complexity index is 1450. The van der Waals surface area contributed by atoms with Crippen molar-refractivity contribution in [2.75, 3.05) is 17.2 Å². The summed E-state index contributed by atoms with van der Waals surface area (Å²) in [5, 5.41) is 17.9. The molecule has 1 fully saturated rings. The standard InChI is InChI=1S/C29H25N3O4/c33-26-23-13-5-4-8-19(23)15-16-24(26)29(36)32-17-7-14-25(32)28(35)31-22-12-6-11-21(18-22)30-27(34)20-9-2-1-3-10-20/h1-6,8-13,15-16,18,25,33H,7,14,17H2,(H,30,34)(H,31,35). The van der Waals surface area contributed by atoms with Gasteiger partial charge in [-0.15, -0.1) is 0 Å². The maximum Gasteiger partial charge on any atom is 0.258 e. The van der Waals surface area contributed by atoms with E-state index < -0.39 is 6.04 Å². The molecule has 1 saturated heterocycles. The molecule has 0 spiro atoms. The minimum absolute atomic E-state index is 0.0778. The van der Waals surface area contributed by atoms with Crippen LogP contribution in [0, 0.1) is 0 Å². The van der Waals surface area contributed by atoms with Gasteiger partial charge < -0.3 is 20.6 Å². The van der Waals surface area contributed by atoms with Crippen molar-refractivity contribution in [1.82, 2.24) is 4.90 Å². The summed E-state index contributed by atoms with van der Waals surface area (Å²) in [4.78, 5) is 40.5. The molecule has 5 rings (SSSR count). The molecule has 3 amide bonds. The molecule has 1 aliphatic heterocycles. The smallest absolute Gasteiger partial charge is 0.258 e. The minimum atomic E-state index is -0.661. The van der Waals surface area contributed by atoms with E-state index in [1.54, 1.807) is 72.8 Å². The Hall–Kier alpha value is -4.65. The van der Waals surface area contributed by atoms with Crippen molar-refractivity contribution in [1.29, 1.82) is 0 Å². The lowest BCUT2D eigenvalue weighted by atomic mass is 10.0. The number of hydrogen-bond acceptors (Lipinski definition) is 4. The zero-order valence-corrected chi connectivity index (χ0v) is 19.5. The van der Waals surface area contributed by atoms with Crippen molar-refractivity contribution in [3.63, 3.8) is 0 Å². The van der Waals surface area contributed by atoms with Crippen LogP contribution < -0.4 is 10.6 Å². The Morgan fingerprint density at radius 3 is 2.33 bits per heavy atom. The van der Waals surface area contributed by atoms with Gasteiger partial charge >= 0.3 is 0 Å². The second-order valence-corrected chi connectivity index (χ2v) is 8.73. The van der Waals surface area contributed by atoms with Crippen LogP contribution in [0.2, 0.25) is 0 Å². The van der Waals surface area contributed by atoms with Crippen LogP contribution >= 0.6 is 0 Å². The second kappa shape index (κ2) is 9.92. The molecule has 0 saturated carbocycles. The second-order valence-electron chi connectivity index (χ2n) is 8.73. The Balaban J connectivity index is 1.30. The lowest BCUT2D eigenvalue weighted by molar-refractivity contribution is -0.119. The fourth-order valence-corrected chi connectivity index (χ4v) is 4.56. The number of anilines is 2. The molecular formula is C29H25N3O4. The highest BCUT2D eigenvalue weighted by atomic mass is 16.3. The first-order valence-electron chi connectivity index (χ1n) is 11.8. The van der Waals surface area contributed by atoms with E-state index in [4.69, 9.17) is 0 Å². The number of hydrogen-bond donors (Lipinski definition) is 3. The van der Waals surface area contributed by atoms with Crippen LogP contribution in [0.3, 0.4) is 0 Å². The molecule has 0 bridgehead atoms. The number of fused-ring (bicyclic) bond motifs is 1. The molecule has 4 aromatic rings. The highest BCUT2D eigenvalue weighted by Crippen LogP contribution is 2.31. The molecule has 1 unspecified atom stereocenters. The van der Waals surface area contributed by atoms with E-state index >= 15 is 0 Å². The summed E-state index contributed by atoms with van der Waals surface area (Å²) in [5.74, 6) is -1.01. The van der Waals surface area contributed by atoms with Crippen molar-refractivity contribution in [3.05, 3.63) is 102 Å². The third-order valence-electron chi connectivity index (χ3n) is 6.37. The van der Waals surface area contributed by atoms with Crippen LogP contribution in [0.15, 0.2) is 91.0 Å². The zero-order valence-electron chi connectivity index (χ0n) is 19.5. The summed E-state index contributed by atoms with van der Waals surface area (Å²) in [6.45, 7) is 0.427. The summed E-state index contributed by atoms with van der Waals surface area (Å²) >= 11 is 0. The lowest BCUT2D eigenvalue weighted by Gasteiger charge is -2.24. The number of rotatable bonds is 5. The van der Waals surface area contributed by atoms with Crippen molar-refractivity contribution >= 4 is 39.9 Å². The normalized spacial score (nSPS) is 15.0. The van der Waals surface area contributed by atoms with E-state index in [2.05, 4.69) is 10.6 Å². The van der Waals surface area contributed by atoms with Crippen molar-refractivity contribution in [2.45, 2.75) is 18.9 Å². The topological polar surface area (TPSA) is 98.7 Å². The SMILES string of the molecule is O=C(Nc1cccc(NC(=O)C2CCCN2C(=O)c2ccc3ccccc3c2O)c1)c1ccccc1. The van der Waals surface area contributed by atoms with Gasteiger partial charge in [0.25, 0.3) is 11.8 Å². The van der Waals surface area contributed by atoms with Crippen LogP contribution in [0.5, 0.6) is 5.75 Å². The van der Waals surface area contributed by atoms with Crippen molar-refractivity contribution < 1.29 is 19.5 Å². The molecule has 1 aliphatic rings. The van der Waals surface area contributed by atoms with E-state index in [1.165, 1.54) is 4.90 Å². The fraction of sp³-hybridized carbons (Fsp3) is 0.138. The van der Waals surface area contributed by atoms with Crippen LogP contribution in [0.1, 0.15) is 33.6 Å². The van der Waals surface area contributed by atoms with Gasteiger partial charge in [0.2, 0.25) is 5.91 Å². The number of nitrogens with zero attached hydrogens (tertiary/aromatic N) is 1. The van der Waals surface area contributed by atoms with Crippen molar-refractivity contribution in [2.24, 2.45) is 0 Å². The van der Waals surface area contributed by atoms with E-state index in [0.717, 1.165) is 5.39 Å². The first kappa shape index (κ1) is 23.1. The highest BCUT2D eigenvalue weighted by Gasteiger charge is 2.35. The fourth-order valence-electron chi connectivity index (χ4n) is 4.56. The molecule has 0 aliphatic carbocycles. The van der Waals surface area contributed by atoms with Gasteiger partial charge in [0.1, 0.15) is 11.8 Å². The molecular weight excluding hydrogens is 454 g/mol. The molecule has 0 radical (unpaired) electrons. The average molecular weight is 480 g/mol. The molecule has 0 aromatic heterocycles. The largest absolute Gasteiger partial charge is 0.506 e. The number of phenolic OH excluding ortho intramolecular Hbond substituents is 1. The molecule has 36 heavy (non-hydrogen) atoms. The maximum absolute atomic E-state index is 13.3. The van der Waals surface area contributed by atoms with Crippen LogP contribution in [-0.2, 0) is 4.79 Å². The molecule has 7 nitrogen and oxygen atoms in total. The number of nitrogens with one attached hydrogen (secondary N) is 2. The Morgan fingerprint density at radius 2 is 1.53 bits per heavy atom. The van der Waals surface area contributed by atoms with E-state index in [1.807, 2.05) is 18.2 Å². The average Bonchev–Trinajstić information content (AvgIpc) is 3.40. The minimum Gasteiger partial charge on any atom is -0.506 e. The number of aromatic hydroxyl groups is 1. The highest BCUT2D eigenvalue weighted by molar-refractivity contribution is 6.07. The van der Waals surface area contributed by atoms with Gasteiger partial charge in [0.15, 0.2) is 0 Å². The van der Waals surface area contributed by atoms with Gasteiger partial charge in [-0.05, 0) is 54.6 Å². The zero-order chi connectivity index (χ0) is 25.1. The number of amides is 3. The van der Waals surface area contributed by atoms with Crippen LogP contribution in [0.4, 0.5) is 11.4 Å². The number of carbonyl (C=O) groups is 3. The number of benzene rings is 4. The molecule has 1 atom stereocenters. The summed E-state index contributed by atoms with van der Waals surface area (Å²) in [7, 11) is 0. The quantitative estimate of drug-likeness (QED) is 0.373. The number of likely N-dealkylation sites (tertiary alicyclic amines) is 1. The summed E-state index contributed by atoms with van der Waals surface area (Å²) in [6, 6.07) is 25.8. The summed E-state index contributed by atoms with van der Waals surface area (Å²) < 4.78 is 0. The summed E-state index contributed by atoms with van der Waals surface area (Å²) in [5.41, 5.74) is 1.77. The van der Waals surface area contributed by atoms with Gasteiger partial charge in [0.05, 0.1) is 5.56 Å². The monoisotopic (exact) mass is 479 g/mol. The molecule has 1 heterocycles. The molecule has 180 valence electrons. The summed E-state index contributed by atoms with van der Waals surface area (Å²) in [6.07, 6.45) is 1.21. The maximum atomic E-state index is 13.3. The first-order chi connectivity index (χ1) is 17.5. The predicted octanol–water partition coefficient (Wildman–Crippen LogP) is 5.04. The van der Waals surface area contributed by atoms with Crippen molar-refractivity contribution in [3.8, 4) is 5.75 Å². The van der Waals surface area contributed by atoms with Gasteiger partial charge in [-0.3, -0.25) is 14.4 Å². The Morgan fingerprint density at radius 1 is 0.806 bits per heavy atom. The third kappa shape index (κ3) is 4.63. The van der Waals surface area contributed by atoms with Gasteiger partial charge in [-0.2, -0.15) is 0 Å². The van der Waals surface area contributed by atoms with Gasteiger partial charge in [-0.25, -0.2) is 0 Å². The molecule has 3 N–H and O–H groups in total. The van der Waals surface area contributed by atoms with E-state index in [0.29, 0.717) is 41.7 Å². The van der Waals surface area contributed by atoms with E-state index in [9.17, 15) is 19.5 Å². The lowest BCUT2D eigenvalue weighted by Crippen LogP contribution is -2.43. The van der Waals surface area contributed by atoms with Gasteiger partial charge in [-0.1, -0.05) is 54.6 Å². The molecule has 4 aromatic carbocycles.